The molecule has 2 N–H and O–H groups in total. The van der Waals surface area contributed by atoms with E-state index in [1.165, 1.54) is 30.9 Å². The van der Waals surface area contributed by atoms with Gasteiger partial charge in [0, 0.05) is 29.5 Å². The number of nitrogens with one attached hydrogen (secondary N) is 2. The molecule has 0 saturated carbocycles. The molecular formula is C23H23F2N3O4S. The van der Waals surface area contributed by atoms with Crippen molar-refractivity contribution in [1.82, 2.24) is 15.6 Å². The molecule has 0 saturated heterocycles. The molecule has 1 heterocycles. The van der Waals surface area contributed by atoms with E-state index in [4.69, 9.17) is 4.74 Å². The van der Waals surface area contributed by atoms with Crippen LogP contribution in [0.5, 0.6) is 11.5 Å². The number of aromatic nitrogens is 1. The number of amides is 2. The lowest BCUT2D eigenvalue weighted by molar-refractivity contribution is -0.120. The first-order chi connectivity index (χ1) is 15.9. The standard InChI is InChI=1S/C23H23F2N3O4S/c1-14-3-5-15(6-4-14)22-28-17(13-33-22)9-10-26-20(29)12-27-21(30)16-7-8-18(32-23(24)25)19(11-16)31-2/h3-8,11,13,23H,9-10,12H2,1-2H3,(H,26,29)(H,27,30). The molecule has 1 aromatic heterocycles. The molecule has 0 unspecified atom stereocenters. The van der Waals surface area contributed by atoms with Crippen LogP contribution in [-0.2, 0) is 11.2 Å². The van der Waals surface area contributed by atoms with Crippen molar-refractivity contribution in [3.63, 3.8) is 0 Å². The predicted molar refractivity (Wildman–Crippen MR) is 121 cm³/mol. The van der Waals surface area contributed by atoms with Gasteiger partial charge in [-0.1, -0.05) is 29.8 Å². The van der Waals surface area contributed by atoms with E-state index in [0.29, 0.717) is 13.0 Å². The maximum Gasteiger partial charge on any atom is 0.387 e. The third-order valence-corrected chi connectivity index (χ3v) is 5.55. The van der Waals surface area contributed by atoms with Gasteiger partial charge in [-0.15, -0.1) is 11.3 Å². The van der Waals surface area contributed by atoms with Crippen LogP contribution in [0.2, 0.25) is 0 Å². The third kappa shape index (κ3) is 6.98. The number of hydrogen-bond acceptors (Lipinski definition) is 6. The summed E-state index contributed by atoms with van der Waals surface area (Å²) < 4.78 is 34.1. The maximum absolute atomic E-state index is 12.4. The Morgan fingerprint density at radius 2 is 1.85 bits per heavy atom. The van der Waals surface area contributed by atoms with Crippen molar-refractivity contribution in [1.29, 1.82) is 0 Å². The van der Waals surface area contributed by atoms with Crippen LogP contribution in [0, 0.1) is 6.92 Å². The van der Waals surface area contributed by atoms with Gasteiger partial charge in [0.25, 0.3) is 5.91 Å². The Morgan fingerprint density at radius 3 is 2.55 bits per heavy atom. The number of nitrogens with zero attached hydrogens (tertiary/aromatic N) is 1. The van der Waals surface area contributed by atoms with Gasteiger partial charge in [0.2, 0.25) is 5.91 Å². The Balaban J connectivity index is 1.44. The number of hydrogen-bond donors (Lipinski definition) is 2. The first kappa shape index (κ1) is 24.1. The minimum Gasteiger partial charge on any atom is -0.493 e. The molecule has 0 fully saturated rings. The van der Waals surface area contributed by atoms with Crippen molar-refractivity contribution in [2.75, 3.05) is 20.2 Å². The minimum atomic E-state index is -3.01. The number of halogens is 2. The number of alkyl halides is 2. The molecule has 0 aliphatic carbocycles. The topological polar surface area (TPSA) is 89.5 Å². The van der Waals surface area contributed by atoms with Crippen LogP contribution in [-0.4, -0.2) is 43.6 Å². The Hall–Kier alpha value is -3.53. The molecule has 0 aliphatic rings. The van der Waals surface area contributed by atoms with Crippen molar-refractivity contribution in [2.24, 2.45) is 0 Å². The lowest BCUT2D eigenvalue weighted by atomic mass is 10.2. The summed E-state index contributed by atoms with van der Waals surface area (Å²) in [4.78, 5) is 28.9. The fraction of sp³-hybridized carbons (Fsp3) is 0.261. The molecule has 3 aromatic rings. The zero-order valence-corrected chi connectivity index (χ0v) is 18.9. The number of thiazole rings is 1. The van der Waals surface area contributed by atoms with Crippen LogP contribution in [0.25, 0.3) is 10.6 Å². The summed E-state index contributed by atoms with van der Waals surface area (Å²) in [6, 6.07) is 11.9. The second-order valence-electron chi connectivity index (χ2n) is 7.04. The molecule has 2 amide bonds. The van der Waals surface area contributed by atoms with Crippen LogP contribution in [0.15, 0.2) is 47.8 Å². The molecule has 2 aromatic carbocycles. The lowest BCUT2D eigenvalue weighted by Gasteiger charge is -2.11. The van der Waals surface area contributed by atoms with Crippen molar-refractivity contribution in [3.05, 3.63) is 64.7 Å². The summed E-state index contributed by atoms with van der Waals surface area (Å²) in [7, 11) is 1.27. The summed E-state index contributed by atoms with van der Waals surface area (Å²) in [6.45, 7) is -0.845. The average Bonchev–Trinajstić information content (AvgIpc) is 3.26. The highest BCUT2D eigenvalue weighted by atomic mass is 32.1. The molecule has 0 spiro atoms. The predicted octanol–water partition coefficient (Wildman–Crippen LogP) is 3.82. The highest BCUT2D eigenvalue weighted by molar-refractivity contribution is 7.13. The number of ether oxygens (including phenoxy) is 2. The van der Waals surface area contributed by atoms with Crippen LogP contribution >= 0.6 is 11.3 Å². The van der Waals surface area contributed by atoms with Gasteiger partial charge in [-0.05, 0) is 25.1 Å². The van der Waals surface area contributed by atoms with Gasteiger partial charge in [-0.25, -0.2) is 4.98 Å². The summed E-state index contributed by atoms with van der Waals surface area (Å²) in [5.41, 5.74) is 3.25. The van der Waals surface area contributed by atoms with Crippen molar-refractivity contribution in [2.45, 2.75) is 20.0 Å². The van der Waals surface area contributed by atoms with Gasteiger partial charge in [0.1, 0.15) is 5.01 Å². The normalized spacial score (nSPS) is 10.7. The van der Waals surface area contributed by atoms with Crippen molar-refractivity contribution in [3.8, 4) is 22.1 Å². The second-order valence-corrected chi connectivity index (χ2v) is 7.89. The van der Waals surface area contributed by atoms with Crippen LogP contribution in [0.1, 0.15) is 21.6 Å². The first-order valence-electron chi connectivity index (χ1n) is 10.0. The zero-order valence-electron chi connectivity index (χ0n) is 18.1. The molecule has 7 nitrogen and oxygen atoms in total. The first-order valence-corrected chi connectivity index (χ1v) is 10.9. The molecule has 3 rings (SSSR count). The average molecular weight is 476 g/mol. The van der Waals surface area contributed by atoms with Gasteiger partial charge in [-0.2, -0.15) is 8.78 Å². The summed E-state index contributed by atoms with van der Waals surface area (Å²) in [5.74, 6) is -1.11. The van der Waals surface area contributed by atoms with E-state index in [1.807, 2.05) is 36.6 Å². The second kappa shape index (κ2) is 11.4. The van der Waals surface area contributed by atoms with E-state index in [9.17, 15) is 18.4 Å². The van der Waals surface area contributed by atoms with E-state index >= 15 is 0 Å². The highest BCUT2D eigenvalue weighted by Crippen LogP contribution is 2.29. The molecule has 33 heavy (non-hydrogen) atoms. The van der Waals surface area contributed by atoms with E-state index in [-0.39, 0.29) is 29.5 Å². The number of aryl methyl sites for hydroxylation is 1. The number of carbonyl (C=O) groups excluding carboxylic acids is 2. The molecule has 0 aliphatic heterocycles. The Kier molecular flexibility index (Phi) is 8.31. The van der Waals surface area contributed by atoms with Gasteiger partial charge in [0.05, 0.1) is 19.3 Å². The summed E-state index contributed by atoms with van der Waals surface area (Å²) >= 11 is 1.54. The Morgan fingerprint density at radius 1 is 1.09 bits per heavy atom. The van der Waals surface area contributed by atoms with Gasteiger partial charge in [-0.3, -0.25) is 9.59 Å². The van der Waals surface area contributed by atoms with Crippen LogP contribution in [0.3, 0.4) is 0 Å². The zero-order chi connectivity index (χ0) is 23.8. The third-order valence-electron chi connectivity index (χ3n) is 4.60. The summed E-state index contributed by atoms with van der Waals surface area (Å²) in [5, 5.41) is 8.09. The molecule has 0 bridgehead atoms. The van der Waals surface area contributed by atoms with Crippen molar-refractivity contribution >= 4 is 23.2 Å². The largest absolute Gasteiger partial charge is 0.493 e. The number of rotatable bonds is 10. The van der Waals surface area contributed by atoms with Crippen molar-refractivity contribution < 1.29 is 27.8 Å². The van der Waals surface area contributed by atoms with E-state index in [2.05, 4.69) is 20.4 Å². The maximum atomic E-state index is 12.4. The fourth-order valence-corrected chi connectivity index (χ4v) is 3.77. The number of carbonyl (C=O) groups is 2. The SMILES string of the molecule is COc1cc(C(=O)NCC(=O)NCCc2csc(-c3ccc(C)cc3)n2)ccc1OC(F)F. The highest BCUT2D eigenvalue weighted by Gasteiger charge is 2.15. The van der Waals surface area contributed by atoms with Crippen LogP contribution < -0.4 is 20.1 Å². The smallest absolute Gasteiger partial charge is 0.387 e. The van der Waals surface area contributed by atoms with Gasteiger partial charge >= 0.3 is 6.61 Å². The minimum absolute atomic E-state index is 0.0133. The molecule has 10 heteroatoms. The van der Waals surface area contributed by atoms with E-state index < -0.39 is 12.5 Å². The molecule has 0 radical (unpaired) electrons. The van der Waals surface area contributed by atoms with Crippen LogP contribution in [0.4, 0.5) is 8.78 Å². The van der Waals surface area contributed by atoms with Gasteiger partial charge < -0.3 is 20.1 Å². The lowest BCUT2D eigenvalue weighted by Crippen LogP contribution is -2.37. The van der Waals surface area contributed by atoms with E-state index in [0.717, 1.165) is 16.3 Å². The number of methoxy groups -OCH3 is 1. The molecule has 174 valence electrons. The quantitative estimate of drug-likeness (QED) is 0.465. The molecule has 0 atom stereocenters. The number of benzene rings is 2. The monoisotopic (exact) mass is 475 g/mol. The fourth-order valence-electron chi connectivity index (χ4n) is 2.91. The Labute approximate surface area is 193 Å². The Bertz CT molecular complexity index is 1100. The van der Waals surface area contributed by atoms with Gasteiger partial charge in [0.15, 0.2) is 11.5 Å². The summed E-state index contributed by atoms with van der Waals surface area (Å²) in [6.07, 6.45) is 0.560. The van der Waals surface area contributed by atoms with E-state index in [1.54, 1.807) is 11.3 Å². The molecular weight excluding hydrogens is 452 g/mol.